The van der Waals surface area contributed by atoms with Crippen molar-refractivity contribution in [1.29, 1.82) is 0 Å². The number of nitrogens with zero attached hydrogens (tertiary/aromatic N) is 2. The van der Waals surface area contributed by atoms with Gasteiger partial charge in [-0.3, -0.25) is 9.69 Å². The topological polar surface area (TPSA) is 66.8 Å². The van der Waals surface area contributed by atoms with Crippen LogP contribution in [0.3, 0.4) is 0 Å². The Bertz CT molecular complexity index is 724. The monoisotopic (exact) mass is 352 g/mol. The van der Waals surface area contributed by atoms with Crippen LogP contribution in [0, 0.1) is 0 Å². The Kier molecular flexibility index (Phi) is 5.64. The van der Waals surface area contributed by atoms with Crippen molar-refractivity contribution in [2.24, 2.45) is 4.40 Å². The van der Waals surface area contributed by atoms with Crippen molar-refractivity contribution < 1.29 is 13.2 Å². The van der Waals surface area contributed by atoms with Gasteiger partial charge in [-0.25, -0.2) is 0 Å². The number of rotatable bonds is 6. The van der Waals surface area contributed by atoms with Gasteiger partial charge < -0.3 is 0 Å². The quantitative estimate of drug-likeness (QED) is 0.739. The van der Waals surface area contributed by atoms with Gasteiger partial charge in [-0.15, -0.1) is 11.0 Å². The molecule has 23 heavy (non-hydrogen) atoms. The highest BCUT2D eigenvalue weighted by Gasteiger charge is 2.37. The number of amidine groups is 1. The predicted molar refractivity (Wildman–Crippen MR) is 94.0 cm³/mol. The summed E-state index contributed by atoms with van der Waals surface area (Å²) in [6.45, 7) is 7.76. The third kappa shape index (κ3) is 3.84. The average molecular weight is 352 g/mol. The molecule has 1 heterocycles. The van der Waals surface area contributed by atoms with Gasteiger partial charge in [0.15, 0.2) is 5.17 Å². The van der Waals surface area contributed by atoms with Crippen LogP contribution in [0.1, 0.15) is 25.8 Å². The van der Waals surface area contributed by atoms with Crippen LogP contribution in [-0.2, 0) is 21.2 Å². The summed E-state index contributed by atoms with van der Waals surface area (Å²) >= 11 is 1.20. The fraction of sp³-hybridized carbons (Fsp3) is 0.375. The first-order valence-electron chi connectivity index (χ1n) is 7.45. The molecule has 1 aromatic carbocycles. The standard InChI is InChI=1S/C16H20N2O3S2/c1-4-11-18-15(19)14(6-3)22-16(18)17-23(20,21)13-9-7-12(5-2)8-10-13/h4,7-10,14H,1,5-6,11H2,2-3H3/b17-16-. The highest BCUT2D eigenvalue weighted by atomic mass is 32.2. The van der Waals surface area contributed by atoms with Crippen molar-refractivity contribution in [3.63, 3.8) is 0 Å². The summed E-state index contributed by atoms with van der Waals surface area (Å²) in [6.07, 6.45) is 3.03. The van der Waals surface area contributed by atoms with E-state index in [-0.39, 0.29) is 27.8 Å². The molecule has 7 heteroatoms. The minimum absolute atomic E-state index is 0.118. The zero-order valence-corrected chi connectivity index (χ0v) is 14.9. The van der Waals surface area contributed by atoms with E-state index in [1.54, 1.807) is 30.3 Å². The van der Waals surface area contributed by atoms with Gasteiger partial charge in [-0.05, 0) is 30.5 Å². The van der Waals surface area contributed by atoms with Gasteiger partial charge in [0.1, 0.15) is 0 Å². The van der Waals surface area contributed by atoms with E-state index in [1.165, 1.54) is 16.7 Å². The first-order chi connectivity index (χ1) is 10.9. The molecule has 2 rings (SSSR count). The zero-order valence-electron chi connectivity index (χ0n) is 13.2. The van der Waals surface area contributed by atoms with Crippen molar-refractivity contribution in [2.45, 2.75) is 36.8 Å². The van der Waals surface area contributed by atoms with Gasteiger partial charge in [-0.2, -0.15) is 8.42 Å². The molecule has 0 N–H and O–H groups in total. The molecule has 0 bridgehead atoms. The van der Waals surface area contributed by atoms with Crippen LogP contribution in [0.15, 0.2) is 46.2 Å². The fourth-order valence-corrected chi connectivity index (χ4v) is 4.48. The normalized spacial score (nSPS) is 20.3. The van der Waals surface area contributed by atoms with Gasteiger partial charge in [0, 0.05) is 6.54 Å². The molecule has 0 aliphatic carbocycles. The van der Waals surface area contributed by atoms with E-state index < -0.39 is 10.0 Å². The molecule has 0 saturated carbocycles. The van der Waals surface area contributed by atoms with Crippen LogP contribution in [0.2, 0.25) is 0 Å². The number of thioether (sulfide) groups is 1. The summed E-state index contributed by atoms with van der Waals surface area (Å²) in [5.74, 6) is -0.118. The number of carbonyl (C=O) groups is 1. The first kappa shape index (κ1) is 17.7. The summed E-state index contributed by atoms with van der Waals surface area (Å²) in [6, 6.07) is 6.65. The molecule has 1 saturated heterocycles. The Morgan fingerprint density at radius 3 is 2.48 bits per heavy atom. The molecule has 5 nitrogen and oxygen atoms in total. The molecule has 1 fully saturated rings. The number of benzene rings is 1. The molecule has 0 radical (unpaired) electrons. The smallest absolute Gasteiger partial charge is 0.284 e. The Balaban J connectivity index is 2.36. The number of hydrogen-bond donors (Lipinski definition) is 0. The molecule has 1 aromatic rings. The molecule has 1 atom stereocenters. The summed E-state index contributed by atoms with van der Waals surface area (Å²) in [4.78, 5) is 13.7. The number of sulfonamides is 1. The van der Waals surface area contributed by atoms with E-state index in [1.807, 2.05) is 13.8 Å². The number of carbonyl (C=O) groups excluding carboxylic acids is 1. The predicted octanol–water partition coefficient (Wildman–Crippen LogP) is 2.83. The second-order valence-electron chi connectivity index (χ2n) is 5.10. The summed E-state index contributed by atoms with van der Waals surface area (Å²) in [5, 5.41) is -0.0623. The lowest BCUT2D eigenvalue weighted by atomic mass is 10.2. The highest BCUT2D eigenvalue weighted by Crippen LogP contribution is 2.30. The van der Waals surface area contributed by atoms with Crippen molar-refractivity contribution in [3.05, 3.63) is 42.5 Å². The molecule has 1 aliphatic rings. The van der Waals surface area contributed by atoms with Crippen LogP contribution in [0.4, 0.5) is 0 Å². The lowest BCUT2D eigenvalue weighted by Gasteiger charge is -2.13. The maximum absolute atomic E-state index is 12.5. The van der Waals surface area contributed by atoms with Gasteiger partial charge >= 0.3 is 0 Å². The van der Waals surface area contributed by atoms with Crippen LogP contribution in [-0.4, -0.2) is 36.2 Å². The lowest BCUT2D eigenvalue weighted by Crippen LogP contribution is -2.32. The first-order valence-corrected chi connectivity index (χ1v) is 9.77. The second kappa shape index (κ2) is 7.31. The summed E-state index contributed by atoms with van der Waals surface area (Å²) < 4.78 is 28.8. The van der Waals surface area contributed by atoms with Crippen LogP contribution < -0.4 is 0 Å². The zero-order chi connectivity index (χ0) is 17.0. The highest BCUT2D eigenvalue weighted by molar-refractivity contribution is 8.16. The average Bonchev–Trinajstić information content (AvgIpc) is 2.83. The molecule has 1 unspecified atom stereocenters. The number of hydrogen-bond acceptors (Lipinski definition) is 4. The van der Waals surface area contributed by atoms with Crippen LogP contribution in [0.5, 0.6) is 0 Å². The van der Waals surface area contributed by atoms with Gasteiger partial charge in [0.25, 0.3) is 10.0 Å². The van der Waals surface area contributed by atoms with E-state index >= 15 is 0 Å². The third-order valence-electron chi connectivity index (χ3n) is 3.53. The maximum atomic E-state index is 12.5. The maximum Gasteiger partial charge on any atom is 0.284 e. The van der Waals surface area contributed by atoms with Crippen molar-refractivity contribution >= 4 is 32.9 Å². The number of amides is 1. The van der Waals surface area contributed by atoms with E-state index in [9.17, 15) is 13.2 Å². The Labute approximate surface area is 141 Å². The second-order valence-corrected chi connectivity index (χ2v) is 7.87. The molecule has 1 amide bonds. The van der Waals surface area contributed by atoms with Crippen LogP contribution in [0.25, 0.3) is 0 Å². The molecular formula is C16H20N2O3S2. The van der Waals surface area contributed by atoms with Crippen molar-refractivity contribution in [1.82, 2.24) is 4.90 Å². The van der Waals surface area contributed by atoms with Crippen molar-refractivity contribution in [3.8, 4) is 0 Å². The van der Waals surface area contributed by atoms with E-state index in [0.29, 0.717) is 6.42 Å². The SMILES string of the molecule is C=CCN1C(=O)C(CC)S/C1=N\S(=O)(=O)c1ccc(CC)cc1. The molecule has 0 spiro atoms. The fourth-order valence-electron chi connectivity index (χ4n) is 2.19. The largest absolute Gasteiger partial charge is 0.286 e. The van der Waals surface area contributed by atoms with Crippen LogP contribution >= 0.6 is 11.8 Å². The van der Waals surface area contributed by atoms with E-state index in [4.69, 9.17) is 0 Å². The van der Waals surface area contributed by atoms with Gasteiger partial charge in [0.2, 0.25) is 5.91 Å². The Morgan fingerprint density at radius 1 is 1.30 bits per heavy atom. The number of aryl methyl sites for hydroxylation is 1. The lowest BCUT2D eigenvalue weighted by molar-refractivity contribution is -0.125. The summed E-state index contributed by atoms with van der Waals surface area (Å²) in [5.41, 5.74) is 1.06. The molecule has 124 valence electrons. The minimum Gasteiger partial charge on any atom is -0.286 e. The summed E-state index contributed by atoms with van der Waals surface area (Å²) in [7, 11) is -3.84. The van der Waals surface area contributed by atoms with Gasteiger partial charge in [0.05, 0.1) is 10.1 Å². The van der Waals surface area contributed by atoms with Crippen molar-refractivity contribution in [2.75, 3.05) is 6.54 Å². The minimum atomic E-state index is -3.84. The molecule has 1 aliphatic heterocycles. The molecule has 0 aromatic heterocycles. The molecular weight excluding hydrogens is 332 g/mol. The Hall–Kier alpha value is -1.60. The van der Waals surface area contributed by atoms with Gasteiger partial charge in [-0.1, -0.05) is 43.8 Å². The Morgan fingerprint density at radius 2 is 1.96 bits per heavy atom. The third-order valence-corrected chi connectivity index (χ3v) is 6.27. The van der Waals surface area contributed by atoms with E-state index in [0.717, 1.165) is 12.0 Å². The van der Waals surface area contributed by atoms with E-state index in [2.05, 4.69) is 11.0 Å².